The average molecular weight is 240 g/mol. The zero-order valence-electron chi connectivity index (χ0n) is 11.8. The molecule has 18 heavy (non-hydrogen) atoms. The van der Waals surface area contributed by atoms with Crippen molar-refractivity contribution in [1.82, 2.24) is 0 Å². The van der Waals surface area contributed by atoms with Crippen LogP contribution in [0.15, 0.2) is 18.2 Å². The molecule has 0 saturated heterocycles. The van der Waals surface area contributed by atoms with E-state index < -0.39 is 10.8 Å². The average Bonchev–Trinajstić information content (AvgIpc) is 2.37. The minimum Gasteiger partial charge on any atom is -0.197 e. The van der Waals surface area contributed by atoms with Crippen LogP contribution < -0.4 is 0 Å². The summed E-state index contributed by atoms with van der Waals surface area (Å²) in [7, 11) is 0. The van der Waals surface area contributed by atoms with Gasteiger partial charge >= 0.3 is 0 Å². The maximum Gasteiger partial charge on any atom is 0.0792 e. The molecule has 1 aromatic rings. The van der Waals surface area contributed by atoms with Crippen LogP contribution >= 0.6 is 0 Å². The molecule has 2 nitrogen and oxygen atoms in total. The van der Waals surface area contributed by atoms with Crippen molar-refractivity contribution in [2.75, 3.05) is 0 Å². The van der Waals surface area contributed by atoms with Crippen LogP contribution in [0.1, 0.15) is 50.8 Å². The van der Waals surface area contributed by atoms with Gasteiger partial charge in [-0.05, 0) is 45.2 Å². The molecular weight excluding hydrogens is 220 g/mol. The molecule has 0 bridgehead atoms. The molecule has 1 rings (SSSR count). The van der Waals surface area contributed by atoms with Gasteiger partial charge < -0.3 is 0 Å². The fraction of sp³-hybridized carbons (Fsp3) is 0.500. The molecule has 0 saturated carbocycles. The van der Waals surface area contributed by atoms with Crippen molar-refractivity contribution in [2.24, 2.45) is 0 Å². The summed E-state index contributed by atoms with van der Waals surface area (Å²) in [6.07, 6.45) is 0.763. The lowest BCUT2D eigenvalue weighted by molar-refractivity contribution is 0.582. The van der Waals surface area contributed by atoms with E-state index in [-0.39, 0.29) is 0 Å². The molecule has 0 aliphatic carbocycles. The first-order valence-corrected chi connectivity index (χ1v) is 6.24. The largest absolute Gasteiger partial charge is 0.197 e. The maximum atomic E-state index is 9.37. The lowest BCUT2D eigenvalue weighted by atomic mass is 9.77. The highest BCUT2D eigenvalue weighted by Gasteiger charge is 2.27. The molecule has 0 aliphatic rings. The van der Waals surface area contributed by atoms with Gasteiger partial charge in [0, 0.05) is 0 Å². The molecule has 1 aromatic carbocycles. The van der Waals surface area contributed by atoms with Crippen molar-refractivity contribution in [3.05, 3.63) is 34.9 Å². The second kappa shape index (κ2) is 4.83. The Labute approximate surface area is 110 Å². The van der Waals surface area contributed by atoms with E-state index in [2.05, 4.69) is 12.1 Å². The molecular formula is C16H20N2. The first kappa shape index (κ1) is 14.3. The van der Waals surface area contributed by atoms with Gasteiger partial charge in [0.2, 0.25) is 0 Å². The lowest BCUT2D eigenvalue weighted by Gasteiger charge is -2.24. The van der Waals surface area contributed by atoms with Crippen molar-refractivity contribution < 1.29 is 0 Å². The van der Waals surface area contributed by atoms with Crippen LogP contribution in [0, 0.1) is 29.6 Å². The third-order valence-corrected chi connectivity index (χ3v) is 3.67. The zero-order chi connectivity index (χ0) is 14.0. The van der Waals surface area contributed by atoms with Crippen molar-refractivity contribution >= 4 is 0 Å². The normalized spacial score (nSPS) is 14.4. The Morgan fingerprint density at radius 3 is 2.00 bits per heavy atom. The van der Waals surface area contributed by atoms with E-state index in [1.807, 2.05) is 52.8 Å². The Morgan fingerprint density at radius 1 is 1.00 bits per heavy atom. The summed E-state index contributed by atoms with van der Waals surface area (Å²) in [6, 6.07) is 10.8. The standard InChI is InChI=1S/C16H20N2/c1-6-16(5,11-18)14-8-12(2)7-13(9-14)15(3,4)10-17/h7-9H,6H2,1-5H3. The predicted octanol–water partition coefficient (Wildman–Crippen LogP) is 3.99. The highest BCUT2D eigenvalue weighted by molar-refractivity contribution is 5.42. The first-order valence-electron chi connectivity index (χ1n) is 6.24. The predicted molar refractivity (Wildman–Crippen MR) is 73.1 cm³/mol. The van der Waals surface area contributed by atoms with Gasteiger partial charge in [-0.1, -0.05) is 30.7 Å². The van der Waals surface area contributed by atoms with Crippen molar-refractivity contribution in [3.63, 3.8) is 0 Å². The topological polar surface area (TPSA) is 47.6 Å². The van der Waals surface area contributed by atoms with Gasteiger partial charge in [-0.25, -0.2) is 0 Å². The lowest BCUT2D eigenvalue weighted by Crippen LogP contribution is -2.21. The van der Waals surface area contributed by atoms with Crippen molar-refractivity contribution in [2.45, 2.75) is 51.9 Å². The fourth-order valence-corrected chi connectivity index (χ4v) is 1.87. The van der Waals surface area contributed by atoms with Crippen molar-refractivity contribution in [3.8, 4) is 12.1 Å². The van der Waals surface area contributed by atoms with Gasteiger partial charge in [-0.2, -0.15) is 10.5 Å². The van der Waals surface area contributed by atoms with E-state index in [1.165, 1.54) is 0 Å². The number of aryl methyl sites for hydroxylation is 1. The monoisotopic (exact) mass is 240 g/mol. The van der Waals surface area contributed by atoms with E-state index in [9.17, 15) is 10.5 Å². The molecule has 1 unspecified atom stereocenters. The van der Waals surface area contributed by atoms with E-state index >= 15 is 0 Å². The number of rotatable bonds is 3. The zero-order valence-corrected chi connectivity index (χ0v) is 11.8. The minimum atomic E-state index is -0.523. The van der Waals surface area contributed by atoms with E-state index in [1.54, 1.807) is 0 Å². The number of hydrogen-bond acceptors (Lipinski definition) is 2. The van der Waals surface area contributed by atoms with E-state index in [0.717, 1.165) is 23.1 Å². The molecule has 1 atom stereocenters. The molecule has 0 heterocycles. The Bertz CT molecular complexity index is 529. The van der Waals surface area contributed by atoms with Crippen LogP contribution in [-0.4, -0.2) is 0 Å². The molecule has 2 heteroatoms. The van der Waals surface area contributed by atoms with Crippen molar-refractivity contribution in [1.29, 1.82) is 10.5 Å². The second-order valence-corrected chi connectivity index (χ2v) is 5.62. The third kappa shape index (κ3) is 2.54. The van der Waals surface area contributed by atoms with Gasteiger partial charge in [0.25, 0.3) is 0 Å². The Morgan fingerprint density at radius 2 is 1.56 bits per heavy atom. The second-order valence-electron chi connectivity index (χ2n) is 5.62. The Balaban J connectivity index is 3.44. The third-order valence-electron chi connectivity index (χ3n) is 3.67. The SMILES string of the molecule is CCC(C)(C#N)c1cc(C)cc(C(C)(C)C#N)c1. The molecule has 0 aromatic heterocycles. The summed E-state index contributed by atoms with van der Waals surface area (Å²) in [5.41, 5.74) is 2.08. The van der Waals surface area contributed by atoms with E-state index in [0.29, 0.717) is 0 Å². The molecule has 0 radical (unpaired) electrons. The summed E-state index contributed by atoms with van der Waals surface area (Å²) in [6.45, 7) is 9.78. The van der Waals surface area contributed by atoms with Crippen LogP contribution in [0.2, 0.25) is 0 Å². The van der Waals surface area contributed by atoms with Gasteiger partial charge in [0.1, 0.15) is 0 Å². The van der Waals surface area contributed by atoms with Gasteiger partial charge in [-0.3, -0.25) is 0 Å². The molecule has 0 aliphatic heterocycles. The van der Waals surface area contributed by atoms with Crippen LogP contribution in [0.5, 0.6) is 0 Å². The highest BCUT2D eigenvalue weighted by atomic mass is 14.4. The molecule has 0 spiro atoms. The van der Waals surface area contributed by atoms with Gasteiger partial charge in [-0.15, -0.1) is 0 Å². The van der Waals surface area contributed by atoms with E-state index in [4.69, 9.17) is 0 Å². The maximum absolute atomic E-state index is 9.37. The summed E-state index contributed by atoms with van der Waals surface area (Å²) < 4.78 is 0. The quantitative estimate of drug-likeness (QED) is 0.802. The number of benzene rings is 1. The summed E-state index contributed by atoms with van der Waals surface area (Å²) in [5, 5.41) is 18.6. The number of nitriles is 2. The molecule has 0 amide bonds. The van der Waals surface area contributed by atoms with Crippen LogP contribution in [0.3, 0.4) is 0 Å². The summed E-state index contributed by atoms with van der Waals surface area (Å²) in [5.74, 6) is 0. The summed E-state index contributed by atoms with van der Waals surface area (Å²) >= 11 is 0. The molecule has 94 valence electrons. The molecule has 0 fully saturated rings. The van der Waals surface area contributed by atoms with Gasteiger partial charge in [0.05, 0.1) is 23.0 Å². The Kier molecular flexibility index (Phi) is 3.82. The number of nitrogens with zero attached hydrogens (tertiary/aromatic N) is 2. The van der Waals surface area contributed by atoms with Crippen LogP contribution in [0.4, 0.5) is 0 Å². The Hall–Kier alpha value is -1.80. The number of hydrogen-bond donors (Lipinski definition) is 0. The van der Waals surface area contributed by atoms with Crippen LogP contribution in [0.25, 0.3) is 0 Å². The van der Waals surface area contributed by atoms with Gasteiger partial charge in [0.15, 0.2) is 0 Å². The summed E-state index contributed by atoms with van der Waals surface area (Å²) in [4.78, 5) is 0. The first-order chi connectivity index (χ1) is 8.29. The minimum absolute atomic E-state index is 0.480. The smallest absolute Gasteiger partial charge is 0.0792 e. The van der Waals surface area contributed by atoms with Crippen LogP contribution in [-0.2, 0) is 10.8 Å². The fourth-order valence-electron chi connectivity index (χ4n) is 1.87. The highest BCUT2D eigenvalue weighted by Crippen LogP contribution is 2.32. The molecule has 0 N–H and O–H groups in total.